The fourth-order valence-corrected chi connectivity index (χ4v) is 2.76. The molecule has 2 aromatic carbocycles. The van der Waals surface area contributed by atoms with Crippen molar-refractivity contribution in [3.8, 4) is 0 Å². The summed E-state index contributed by atoms with van der Waals surface area (Å²) in [6.45, 7) is 0.613. The van der Waals surface area contributed by atoms with Crippen LogP contribution in [0.3, 0.4) is 0 Å². The number of benzene rings is 2. The molecule has 1 heterocycles. The number of fused-ring (bicyclic) bond motifs is 1. The summed E-state index contributed by atoms with van der Waals surface area (Å²) in [6, 6.07) is 15.7. The summed E-state index contributed by atoms with van der Waals surface area (Å²) < 4.78 is 0. The van der Waals surface area contributed by atoms with Gasteiger partial charge in [0.15, 0.2) is 0 Å². The summed E-state index contributed by atoms with van der Waals surface area (Å²) in [5, 5.41) is 4.79. The zero-order valence-electron chi connectivity index (χ0n) is 12.1. The Hall–Kier alpha value is -2.26. The highest BCUT2D eigenvalue weighted by Gasteiger charge is 2.08. The van der Waals surface area contributed by atoms with E-state index in [1.54, 1.807) is 0 Å². The van der Waals surface area contributed by atoms with Gasteiger partial charge in [0.2, 0.25) is 5.91 Å². The van der Waals surface area contributed by atoms with E-state index in [2.05, 4.69) is 10.3 Å². The monoisotopic (exact) mass is 312 g/mol. The van der Waals surface area contributed by atoms with E-state index < -0.39 is 0 Å². The second kappa shape index (κ2) is 6.67. The minimum absolute atomic E-state index is 0.0341. The summed E-state index contributed by atoms with van der Waals surface area (Å²) >= 11 is 5.95. The number of hydrogen-bond donors (Lipinski definition) is 2. The summed E-state index contributed by atoms with van der Waals surface area (Å²) in [7, 11) is 0. The lowest BCUT2D eigenvalue weighted by Gasteiger charge is -2.05. The van der Waals surface area contributed by atoms with Crippen LogP contribution < -0.4 is 5.32 Å². The van der Waals surface area contributed by atoms with Crippen molar-refractivity contribution in [3.05, 3.63) is 70.9 Å². The molecule has 4 heteroatoms. The Morgan fingerprint density at radius 2 is 2.00 bits per heavy atom. The van der Waals surface area contributed by atoms with Gasteiger partial charge in [0.05, 0.1) is 6.42 Å². The molecule has 2 N–H and O–H groups in total. The van der Waals surface area contributed by atoms with Gasteiger partial charge < -0.3 is 10.3 Å². The molecule has 0 saturated heterocycles. The van der Waals surface area contributed by atoms with Gasteiger partial charge in [-0.05, 0) is 35.7 Å². The fraction of sp³-hybridized carbons (Fsp3) is 0.167. The second-order valence-corrected chi connectivity index (χ2v) is 5.70. The summed E-state index contributed by atoms with van der Waals surface area (Å²) in [5.41, 5.74) is 3.21. The van der Waals surface area contributed by atoms with Crippen molar-refractivity contribution >= 4 is 28.4 Å². The lowest BCUT2D eigenvalue weighted by atomic mass is 10.1. The number of H-pyrrole nitrogens is 1. The van der Waals surface area contributed by atoms with Gasteiger partial charge in [-0.1, -0.05) is 41.9 Å². The van der Waals surface area contributed by atoms with Crippen molar-refractivity contribution < 1.29 is 4.79 Å². The number of carbonyl (C=O) groups excluding carboxylic acids is 1. The smallest absolute Gasteiger partial charge is 0.224 e. The van der Waals surface area contributed by atoms with Gasteiger partial charge in [-0.2, -0.15) is 0 Å². The third-order valence-electron chi connectivity index (χ3n) is 3.65. The maximum Gasteiger partial charge on any atom is 0.224 e. The Kier molecular flexibility index (Phi) is 4.45. The highest BCUT2D eigenvalue weighted by atomic mass is 35.5. The molecular formula is C18H17ClN2O. The van der Waals surface area contributed by atoms with E-state index >= 15 is 0 Å². The Morgan fingerprint density at radius 3 is 2.86 bits per heavy atom. The molecule has 0 fully saturated rings. The Labute approximate surface area is 134 Å². The van der Waals surface area contributed by atoms with Crippen LogP contribution in [0.2, 0.25) is 5.02 Å². The topological polar surface area (TPSA) is 44.9 Å². The van der Waals surface area contributed by atoms with Crippen LogP contribution in [0.4, 0.5) is 0 Å². The Bertz CT molecular complexity index is 794. The molecule has 112 valence electrons. The van der Waals surface area contributed by atoms with Crippen LogP contribution in [0.1, 0.15) is 11.1 Å². The number of aromatic amines is 1. The van der Waals surface area contributed by atoms with E-state index in [0.29, 0.717) is 13.0 Å². The molecule has 3 rings (SSSR count). The van der Waals surface area contributed by atoms with Gasteiger partial charge in [0.25, 0.3) is 0 Å². The molecule has 0 unspecified atom stereocenters. The molecule has 1 aromatic heterocycles. The first-order valence-electron chi connectivity index (χ1n) is 7.28. The SMILES string of the molecule is O=C(Cc1c[nH]c2ccccc12)NCCc1cccc(Cl)c1. The molecule has 0 aliphatic carbocycles. The lowest BCUT2D eigenvalue weighted by molar-refractivity contribution is -0.120. The van der Waals surface area contributed by atoms with E-state index in [0.717, 1.165) is 33.5 Å². The fourth-order valence-electron chi connectivity index (χ4n) is 2.55. The average Bonchev–Trinajstić information content (AvgIpc) is 2.91. The maximum absolute atomic E-state index is 12.1. The van der Waals surface area contributed by atoms with Gasteiger partial charge in [0.1, 0.15) is 0 Å². The molecule has 0 spiro atoms. The third-order valence-corrected chi connectivity index (χ3v) is 3.89. The summed E-state index contributed by atoms with van der Waals surface area (Å²) in [4.78, 5) is 15.2. The second-order valence-electron chi connectivity index (χ2n) is 5.27. The lowest BCUT2D eigenvalue weighted by Crippen LogP contribution is -2.27. The minimum Gasteiger partial charge on any atom is -0.361 e. The number of halogens is 1. The van der Waals surface area contributed by atoms with E-state index in [4.69, 9.17) is 11.6 Å². The number of hydrogen-bond acceptors (Lipinski definition) is 1. The standard InChI is InChI=1S/C18H17ClN2O/c19-15-5-3-4-13(10-15)8-9-20-18(22)11-14-12-21-17-7-2-1-6-16(14)17/h1-7,10,12,21H,8-9,11H2,(H,20,22). The van der Waals surface area contributed by atoms with E-state index in [1.165, 1.54) is 0 Å². The minimum atomic E-state index is 0.0341. The van der Waals surface area contributed by atoms with E-state index in [9.17, 15) is 4.79 Å². The van der Waals surface area contributed by atoms with Gasteiger partial charge in [-0.15, -0.1) is 0 Å². The van der Waals surface area contributed by atoms with Crippen molar-refractivity contribution in [1.82, 2.24) is 10.3 Å². The summed E-state index contributed by atoms with van der Waals surface area (Å²) in [5.74, 6) is 0.0341. The van der Waals surface area contributed by atoms with Crippen molar-refractivity contribution in [2.75, 3.05) is 6.54 Å². The quantitative estimate of drug-likeness (QED) is 0.741. The van der Waals surface area contributed by atoms with Crippen molar-refractivity contribution in [2.45, 2.75) is 12.8 Å². The van der Waals surface area contributed by atoms with Gasteiger partial charge in [-0.25, -0.2) is 0 Å². The number of carbonyl (C=O) groups is 1. The van der Waals surface area contributed by atoms with Crippen LogP contribution in [0.25, 0.3) is 10.9 Å². The first-order valence-corrected chi connectivity index (χ1v) is 7.66. The first kappa shape index (κ1) is 14.7. The number of rotatable bonds is 5. The van der Waals surface area contributed by atoms with Gasteiger partial charge >= 0.3 is 0 Å². The zero-order valence-corrected chi connectivity index (χ0v) is 12.9. The molecule has 0 aliphatic rings. The van der Waals surface area contributed by atoms with Crippen molar-refractivity contribution in [3.63, 3.8) is 0 Å². The average molecular weight is 313 g/mol. The van der Waals surface area contributed by atoms with Crippen LogP contribution in [0, 0.1) is 0 Å². The third kappa shape index (κ3) is 3.49. The largest absolute Gasteiger partial charge is 0.361 e. The van der Waals surface area contributed by atoms with Crippen LogP contribution in [0.15, 0.2) is 54.7 Å². The highest BCUT2D eigenvalue weighted by molar-refractivity contribution is 6.30. The molecule has 0 aliphatic heterocycles. The number of para-hydroxylation sites is 1. The van der Waals surface area contributed by atoms with Gasteiger partial charge in [-0.3, -0.25) is 4.79 Å². The van der Waals surface area contributed by atoms with Crippen LogP contribution in [-0.4, -0.2) is 17.4 Å². The van der Waals surface area contributed by atoms with Crippen LogP contribution in [-0.2, 0) is 17.6 Å². The predicted octanol–water partition coefficient (Wildman–Crippen LogP) is 3.72. The summed E-state index contributed by atoms with van der Waals surface area (Å²) in [6.07, 6.45) is 3.07. The Balaban J connectivity index is 1.54. The van der Waals surface area contributed by atoms with E-state index in [1.807, 2.05) is 54.7 Å². The number of nitrogens with one attached hydrogen (secondary N) is 2. The van der Waals surface area contributed by atoms with E-state index in [-0.39, 0.29) is 5.91 Å². The molecule has 0 saturated carbocycles. The van der Waals surface area contributed by atoms with Crippen LogP contribution in [0.5, 0.6) is 0 Å². The maximum atomic E-state index is 12.1. The number of amides is 1. The molecule has 3 aromatic rings. The highest BCUT2D eigenvalue weighted by Crippen LogP contribution is 2.18. The molecule has 0 atom stereocenters. The van der Waals surface area contributed by atoms with Crippen molar-refractivity contribution in [2.24, 2.45) is 0 Å². The normalized spacial score (nSPS) is 10.8. The molecule has 3 nitrogen and oxygen atoms in total. The van der Waals surface area contributed by atoms with Crippen LogP contribution >= 0.6 is 11.6 Å². The molecule has 22 heavy (non-hydrogen) atoms. The van der Waals surface area contributed by atoms with Gasteiger partial charge in [0, 0.05) is 28.7 Å². The first-order chi connectivity index (χ1) is 10.7. The zero-order chi connectivity index (χ0) is 15.4. The molecule has 0 bridgehead atoms. The Morgan fingerprint density at radius 1 is 1.14 bits per heavy atom. The molecular weight excluding hydrogens is 296 g/mol. The number of aromatic nitrogens is 1. The predicted molar refractivity (Wildman–Crippen MR) is 90.2 cm³/mol. The molecule has 1 amide bonds. The van der Waals surface area contributed by atoms with Crippen molar-refractivity contribution in [1.29, 1.82) is 0 Å². The molecule has 0 radical (unpaired) electrons.